The van der Waals surface area contributed by atoms with Crippen molar-refractivity contribution in [3.05, 3.63) is 48.5 Å². The number of fused-ring (bicyclic) bond motifs is 3. The molecule has 0 aliphatic carbocycles. The molecule has 0 saturated carbocycles. The number of benzene rings is 2. The SMILES string of the molecule is CO[Si](C)(CCCOC(=O)C(C)CP1(=O)Oc2ccccc2-c2ccccc21)OC. The summed E-state index contributed by atoms with van der Waals surface area (Å²) in [7, 11) is -2.15. The monoisotopic (exact) mass is 448 g/mol. The van der Waals surface area contributed by atoms with Crippen molar-refractivity contribution in [3.63, 3.8) is 0 Å². The average molecular weight is 449 g/mol. The van der Waals surface area contributed by atoms with E-state index in [-0.39, 0.29) is 18.7 Å². The lowest BCUT2D eigenvalue weighted by molar-refractivity contribution is -0.147. The lowest BCUT2D eigenvalue weighted by Crippen LogP contribution is -2.36. The van der Waals surface area contributed by atoms with E-state index in [1.54, 1.807) is 21.1 Å². The maximum atomic E-state index is 13.8. The minimum Gasteiger partial charge on any atom is -0.465 e. The minimum absolute atomic E-state index is 0.0970. The molecular weight excluding hydrogens is 419 g/mol. The van der Waals surface area contributed by atoms with Gasteiger partial charge in [-0.3, -0.25) is 9.36 Å². The molecule has 0 amide bonds. The molecule has 0 aromatic heterocycles. The van der Waals surface area contributed by atoms with Gasteiger partial charge in [0.2, 0.25) is 0 Å². The normalized spacial score (nSPS) is 18.7. The lowest BCUT2D eigenvalue weighted by atomic mass is 10.0. The Balaban J connectivity index is 1.66. The predicted octanol–water partition coefficient (Wildman–Crippen LogP) is 4.58. The van der Waals surface area contributed by atoms with Crippen molar-refractivity contribution in [1.29, 1.82) is 0 Å². The fraction of sp³-hybridized carbons (Fsp3) is 0.409. The summed E-state index contributed by atoms with van der Waals surface area (Å²) in [5, 5.41) is 0.658. The highest BCUT2D eigenvalue weighted by Gasteiger charge is 2.38. The fourth-order valence-electron chi connectivity index (χ4n) is 3.54. The standard InChI is InChI=1S/C22H29O6PSi/c1-17(22(23)27-14-9-15-30(4,25-2)26-3)16-29(24)21-13-8-6-11-19(21)18-10-5-7-12-20(18)28-29/h5-8,10-13,17H,9,14-16H2,1-4H3. The molecular formula is C22H29O6PSi. The summed E-state index contributed by atoms with van der Waals surface area (Å²) in [6.45, 7) is 3.99. The highest BCUT2D eigenvalue weighted by Crippen LogP contribution is 2.55. The predicted molar refractivity (Wildman–Crippen MR) is 120 cm³/mol. The zero-order valence-electron chi connectivity index (χ0n) is 17.9. The van der Waals surface area contributed by atoms with Crippen LogP contribution in [0.15, 0.2) is 48.5 Å². The van der Waals surface area contributed by atoms with Gasteiger partial charge in [0, 0.05) is 19.8 Å². The summed E-state index contributed by atoms with van der Waals surface area (Å²) < 4.78 is 36.1. The number of para-hydroxylation sites is 1. The van der Waals surface area contributed by atoms with Gasteiger partial charge in [0.25, 0.3) is 7.37 Å². The molecule has 0 bridgehead atoms. The molecule has 1 heterocycles. The summed E-state index contributed by atoms with van der Waals surface area (Å²) in [5.74, 6) is -0.338. The Kier molecular flexibility index (Phi) is 7.19. The summed E-state index contributed by atoms with van der Waals surface area (Å²) >= 11 is 0. The first-order valence-electron chi connectivity index (χ1n) is 10.1. The van der Waals surface area contributed by atoms with Crippen molar-refractivity contribution < 1.29 is 27.5 Å². The Bertz CT molecular complexity index is 943. The van der Waals surface area contributed by atoms with Gasteiger partial charge < -0.3 is 18.1 Å². The molecule has 0 N–H and O–H groups in total. The summed E-state index contributed by atoms with van der Waals surface area (Å²) in [4.78, 5) is 12.5. The third-order valence-electron chi connectivity index (χ3n) is 5.49. The molecule has 2 atom stereocenters. The third kappa shape index (κ3) is 4.86. The number of rotatable bonds is 9. The largest absolute Gasteiger partial charge is 0.465 e. The fourth-order valence-corrected chi connectivity index (χ4v) is 7.50. The van der Waals surface area contributed by atoms with Gasteiger partial charge in [0.05, 0.1) is 24.0 Å². The van der Waals surface area contributed by atoms with Gasteiger partial charge in [-0.1, -0.05) is 43.3 Å². The highest BCUT2D eigenvalue weighted by atomic mass is 31.2. The third-order valence-corrected chi connectivity index (χ3v) is 11.1. The molecule has 1 aliphatic rings. The number of esters is 1. The highest BCUT2D eigenvalue weighted by molar-refractivity contribution is 7.67. The summed E-state index contributed by atoms with van der Waals surface area (Å²) in [5.41, 5.74) is 1.81. The van der Waals surface area contributed by atoms with E-state index in [2.05, 4.69) is 0 Å². The van der Waals surface area contributed by atoms with Crippen molar-refractivity contribution in [1.82, 2.24) is 0 Å². The number of carbonyl (C=O) groups is 1. The first kappa shape index (κ1) is 22.8. The molecule has 2 aromatic carbocycles. The molecule has 2 aromatic rings. The molecule has 162 valence electrons. The quantitative estimate of drug-likeness (QED) is 0.242. The van der Waals surface area contributed by atoms with E-state index in [9.17, 15) is 9.36 Å². The first-order chi connectivity index (χ1) is 14.3. The van der Waals surface area contributed by atoms with Crippen LogP contribution in [0.4, 0.5) is 0 Å². The minimum atomic E-state index is -3.26. The van der Waals surface area contributed by atoms with Crippen LogP contribution >= 0.6 is 7.37 Å². The van der Waals surface area contributed by atoms with E-state index < -0.39 is 21.8 Å². The van der Waals surface area contributed by atoms with E-state index in [0.29, 0.717) is 17.5 Å². The maximum absolute atomic E-state index is 13.8. The Morgan fingerprint density at radius 2 is 1.70 bits per heavy atom. The van der Waals surface area contributed by atoms with Gasteiger partial charge in [-0.15, -0.1) is 0 Å². The smallest absolute Gasteiger partial charge is 0.334 e. The molecule has 0 fully saturated rings. The Morgan fingerprint density at radius 1 is 1.07 bits per heavy atom. The average Bonchev–Trinajstić information content (AvgIpc) is 2.76. The molecule has 0 saturated heterocycles. The van der Waals surface area contributed by atoms with Gasteiger partial charge in [0.1, 0.15) is 5.75 Å². The van der Waals surface area contributed by atoms with Crippen LogP contribution in [-0.2, 0) is 22.9 Å². The van der Waals surface area contributed by atoms with Crippen LogP contribution in [0.1, 0.15) is 13.3 Å². The zero-order chi connectivity index (χ0) is 21.8. The summed E-state index contributed by atoms with van der Waals surface area (Å²) in [6, 6.07) is 15.8. The van der Waals surface area contributed by atoms with E-state index in [1.807, 2.05) is 55.1 Å². The molecule has 30 heavy (non-hydrogen) atoms. The van der Waals surface area contributed by atoms with Gasteiger partial charge in [-0.2, -0.15) is 0 Å². The van der Waals surface area contributed by atoms with E-state index in [1.165, 1.54) is 0 Å². The van der Waals surface area contributed by atoms with Crippen molar-refractivity contribution >= 4 is 27.2 Å². The van der Waals surface area contributed by atoms with Crippen LogP contribution in [0.3, 0.4) is 0 Å². The van der Waals surface area contributed by atoms with Crippen LogP contribution in [0.2, 0.25) is 12.6 Å². The van der Waals surface area contributed by atoms with Crippen LogP contribution in [0, 0.1) is 5.92 Å². The Morgan fingerprint density at radius 3 is 2.40 bits per heavy atom. The van der Waals surface area contributed by atoms with Crippen molar-refractivity contribution in [2.45, 2.75) is 25.9 Å². The van der Waals surface area contributed by atoms with Gasteiger partial charge in [-0.05, 0) is 36.7 Å². The molecule has 1 aliphatic heterocycles. The molecule has 2 unspecified atom stereocenters. The number of carbonyl (C=O) groups excluding carboxylic acids is 1. The van der Waals surface area contributed by atoms with Crippen LogP contribution < -0.4 is 9.83 Å². The molecule has 0 spiro atoms. The van der Waals surface area contributed by atoms with E-state index >= 15 is 0 Å². The van der Waals surface area contributed by atoms with E-state index in [0.717, 1.165) is 17.2 Å². The van der Waals surface area contributed by atoms with Crippen LogP contribution in [0.5, 0.6) is 5.75 Å². The van der Waals surface area contributed by atoms with Crippen LogP contribution in [0.25, 0.3) is 11.1 Å². The second-order valence-electron chi connectivity index (χ2n) is 7.67. The number of hydrogen-bond donors (Lipinski definition) is 0. The lowest BCUT2D eigenvalue weighted by Gasteiger charge is -2.29. The maximum Gasteiger partial charge on any atom is 0.334 e. The van der Waals surface area contributed by atoms with E-state index in [4.69, 9.17) is 18.1 Å². The molecule has 3 rings (SSSR count). The number of ether oxygens (including phenoxy) is 1. The van der Waals surface area contributed by atoms with Gasteiger partial charge >= 0.3 is 14.5 Å². The first-order valence-corrected chi connectivity index (χ1v) is 14.4. The zero-order valence-corrected chi connectivity index (χ0v) is 19.8. The van der Waals surface area contributed by atoms with Gasteiger partial charge in [-0.25, -0.2) is 0 Å². The second kappa shape index (κ2) is 9.48. The second-order valence-corrected chi connectivity index (χ2v) is 13.6. The topological polar surface area (TPSA) is 71.1 Å². The molecule has 0 radical (unpaired) electrons. The van der Waals surface area contributed by atoms with Gasteiger partial charge in [0.15, 0.2) is 0 Å². The van der Waals surface area contributed by atoms with Crippen molar-refractivity contribution in [2.75, 3.05) is 27.0 Å². The molecule has 6 nitrogen and oxygen atoms in total. The Labute approximate surface area is 179 Å². The van der Waals surface area contributed by atoms with Crippen molar-refractivity contribution in [2.24, 2.45) is 5.92 Å². The van der Waals surface area contributed by atoms with Crippen LogP contribution in [-0.4, -0.2) is 41.5 Å². The molecule has 8 heteroatoms. The summed E-state index contributed by atoms with van der Waals surface area (Å²) in [6.07, 6.45) is 0.757. The number of hydrogen-bond acceptors (Lipinski definition) is 6. The van der Waals surface area contributed by atoms with Crippen molar-refractivity contribution in [3.8, 4) is 16.9 Å². The Hall–Kier alpha value is -1.92.